The highest BCUT2D eigenvalue weighted by Gasteiger charge is 2.53. The predicted octanol–water partition coefficient (Wildman–Crippen LogP) is 4.66. The molecular weight excluding hydrogens is 1970 g/mol. The van der Waals surface area contributed by atoms with Crippen LogP contribution in [0.2, 0.25) is 10.0 Å². The molecular formula is C103H130Cl2N11O32+. The standard InChI is InChI=1S/C103H129Cl2N11O32/c1-7-8-9-10-11-12-15-18-31-116(5,6)32-19-30-107-96(135)81-60-43-57(122)44-69(143-103-91(132)90(131)87(128)74(47-119)146-103)76(60)59-37-52(24-26-64(59)123)78-97(136)115-84(100(139)114-81)92(147-101-82(108-49(4)120)88(129)85(126)72(45-117)144-101)53-25-29-67(62(105)38-53)142-71-41-55-40-70(93(71)148-102-83(89(130)86(127)73(46-118)145-102)110-75(125)21-17-14-13-16-20-48(2)3)141-66-28-22-50(33-61(66)104)34-63-94(133)111-79(98(137)113-80(55)99(138)112-78)54-35-56(121)42-58(36-54)140-68-39-51(23-27-65(68)124)77(106)95(134)109-63/h22-29,33,35-44,48,63,72-74,77-92,101-103,117-119,126-132H,7-21,30-32,34,45-47,106H2,1-6H3,(H12-,107,108,109,110,111,112,113,114,115,120,121,122,123,124,125,133,134,135,136,137,138,139)/p+1/t63-,72-,73-,74-,77-,78-,79+,80-,81+,82-,83-,84+,85-,86-,87-,88-,89-,90+,91+,92-,101+,102+,103+/m1/s1. The van der Waals surface area contributed by atoms with E-state index in [9.17, 15) is 85.9 Å². The van der Waals surface area contributed by atoms with Crippen molar-refractivity contribution < 1.29 is 162 Å². The molecule has 3 saturated heterocycles. The predicted molar refractivity (Wildman–Crippen MR) is 528 cm³/mol. The molecule has 9 heterocycles. The number of halogens is 2. The first-order valence-corrected chi connectivity index (χ1v) is 50.3. The molecule has 43 nitrogen and oxygen atoms in total. The molecule has 16 rings (SSSR count). The van der Waals surface area contributed by atoms with Gasteiger partial charge in [-0.3, -0.25) is 43.2 Å². The highest BCUT2D eigenvalue weighted by atomic mass is 35.5. The molecule has 3 fully saturated rings. The monoisotopic (exact) mass is 2100 g/mol. The number of nitrogens with zero attached hydrogens (tertiary/aromatic N) is 1. The first-order chi connectivity index (χ1) is 70.6. The Balaban J connectivity index is 1.02. The summed E-state index contributed by atoms with van der Waals surface area (Å²) >= 11 is 15.0. The van der Waals surface area contributed by atoms with Crippen molar-refractivity contribution in [2.45, 2.75) is 271 Å². The molecule has 9 amide bonds. The van der Waals surface area contributed by atoms with E-state index in [1.54, 1.807) is 0 Å². The van der Waals surface area contributed by atoms with E-state index in [1.807, 2.05) is 14.1 Å². The van der Waals surface area contributed by atoms with Crippen LogP contribution in [-0.4, -0.2) is 287 Å². The van der Waals surface area contributed by atoms with Crippen molar-refractivity contribution in [1.29, 1.82) is 0 Å². The van der Waals surface area contributed by atoms with E-state index in [2.05, 4.69) is 68.6 Å². The summed E-state index contributed by atoms with van der Waals surface area (Å²) < 4.78 is 59.2. The number of aliphatic hydroxyl groups excluding tert-OH is 10. The molecule has 17 bridgehead atoms. The summed E-state index contributed by atoms with van der Waals surface area (Å²) in [5.41, 5.74) is 3.52. The lowest BCUT2D eigenvalue weighted by atomic mass is 9.89. The fraction of sp³-hybridized carbons (Fsp3) is 0.505. The summed E-state index contributed by atoms with van der Waals surface area (Å²) in [6.07, 6.45) is -16.9. The van der Waals surface area contributed by atoms with Crippen molar-refractivity contribution in [2.75, 3.05) is 53.6 Å². The maximum Gasteiger partial charge on any atom is 0.248 e. The highest BCUT2D eigenvalue weighted by Crippen LogP contribution is 2.51. The number of amides is 9. The normalized spacial score (nSPS) is 27.2. The number of benzene rings is 7. The van der Waals surface area contributed by atoms with Crippen molar-refractivity contribution in [3.05, 3.63) is 164 Å². The topological polar surface area (TPSA) is 654 Å². The van der Waals surface area contributed by atoms with Crippen molar-refractivity contribution in [3.8, 4) is 80.1 Å². The van der Waals surface area contributed by atoms with Gasteiger partial charge in [-0.15, -0.1) is 0 Å². The third-order valence-electron chi connectivity index (χ3n) is 27.3. The summed E-state index contributed by atoms with van der Waals surface area (Å²) in [7, 11) is 4.03. The second kappa shape index (κ2) is 49.6. The van der Waals surface area contributed by atoms with E-state index >= 15 is 28.8 Å². The largest absolute Gasteiger partial charge is 0.508 e. The summed E-state index contributed by atoms with van der Waals surface area (Å²) in [5, 5.41) is 186. The summed E-state index contributed by atoms with van der Waals surface area (Å²) in [6, 6.07) is 2.18. The third-order valence-corrected chi connectivity index (χ3v) is 27.8. The van der Waals surface area contributed by atoms with Crippen LogP contribution in [0, 0.1) is 5.92 Å². The number of phenolic OH excluding ortho intramolecular Hbond substituents is 4. The number of carbonyl (C=O) groups is 9. The van der Waals surface area contributed by atoms with Gasteiger partial charge in [-0.25, -0.2) is 0 Å². The molecule has 25 N–H and O–H groups in total. The van der Waals surface area contributed by atoms with Gasteiger partial charge in [0, 0.05) is 56.0 Å². The van der Waals surface area contributed by atoms with Gasteiger partial charge in [0.25, 0.3) is 0 Å². The van der Waals surface area contributed by atoms with Crippen LogP contribution in [-0.2, 0) is 68.5 Å². The Kier molecular flexibility index (Phi) is 37.4. The molecule has 0 aromatic heterocycles. The molecule has 9 aliphatic rings. The van der Waals surface area contributed by atoms with Crippen molar-refractivity contribution in [1.82, 2.24) is 47.9 Å². The first-order valence-electron chi connectivity index (χ1n) is 49.6. The molecule has 0 aliphatic carbocycles. The van der Waals surface area contributed by atoms with E-state index in [0.717, 1.165) is 163 Å². The van der Waals surface area contributed by atoms with E-state index in [0.29, 0.717) is 29.8 Å². The first kappa shape index (κ1) is 112. The average Bonchev–Trinajstić information content (AvgIpc) is 0.751. The Morgan fingerprint density at radius 3 is 1.68 bits per heavy atom. The quantitative estimate of drug-likeness (QED) is 0.0201. The number of hydrogen-bond acceptors (Lipinski definition) is 33. The molecule has 0 unspecified atom stereocenters. The van der Waals surface area contributed by atoms with Gasteiger partial charge in [-0.1, -0.05) is 132 Å². The maximum atomic E-state index is 17.3. The van der Waals surface area contributed by atoms with Crippen LogP contribution in [0.1, 0.15) is 199 Å². The number of nitrogens with one attached hydrogen (secondary N) is 9. The maximum absolute atomic E-state index is 17.3. The van der Waals surface area contributed by atoms with E-state index < -0.39 is 304 Å². The van der Waals surface area contributed by atoms with E-state index in [-0.39, 0.29) is 63.9 Å². The average molecular weight is 2110 g/mol. The molecule has 148 heavy (non-hydrogen) atoms. The minimum Gasteiger partial charge on any atom is -0.508 e. The number of rotatable bonds is 32. The Morgan fingerprint density at radius 1 is 0.493 bits per heavy atom. The number of aliphatic hydroxyl groups is 10. The molecule has 0 saturated carbocycles. The molecule has 9 aliphatic heterocycles. The van der Waals surface area contributed by atoms with Crippen molar-refractivity contribution in [2.24, 2.45) is 11.7 Å². The minimum atomic E-state index is -2.52. The summed E-state index contributed by atoms with van der Waals surface area (Å²) in [6.45, 7) is 5.29. The van der Waals surface area contributed by atoms with Gasteiger partial charge in [0.05, 0.1) is 57.1 Å². The number of unbranched alkanes of at least 4 members (excludes halogenated alkanes) is 10. The van der Waals surface area contributed by atoms with E-state index in [1.165, 1.54) is 36.4 Å². The Labute approximate surface area is 861 Å². The van der Waals surface area contributed by atoms with Crippen molar-refractivity contribution in [3.63, 3.8) is 0 Å². The zero-order valence-corrected chi connectivity index (χ0v) is 83.8. The van der Waals surface area contributed by atoms with Crippen LogP contribution in [0.3, 0.4) is 0 Å². The van der Waals surface area contributed by atoms with Crippen LogP contribution in [0.5, 0.6) is 69.0 Å². The molecule has 802 valence electrons. The lowest BCUT2D eigenvalue weighted by Gasteiger charge is -2.44. The third kappa shape index (κ3) is 26.7. The lowest BCUT2D eigenvalue weighted by Crippen LogP contribution is -2.65. The van der Waals surface area contributed by atoms with Gasteiger partial charge >= 0.3 is 0 Å². The number of carbonyl (C=O) groups excluding carboxylic acids is 9. The molecule has 45 heteroatoms. The minimum absolute atomic E-state index is 0.0355. The van der Waals surface area contributed by atoms with Crippen LogP contribution in [0.4, 0.5) is 0 Å². The van der Waals surface area contributed by atoms with Gasteiger partial charge in [0.15, 0.2) is 29.3 Å². The van der Waals surface area contributed by atoms with Crippen molar-refractivity contribution >= 4 is 76.4 Å². The van der Waals surface area contributed by atoms with E-state index in [4.69, 9.17) is 71.6 Å². The number of nitrogens with two attached hydrogens (primary N) is 1. The lowest BCUT2D eigenvalue weighted by molar-refractivity contribution is -0.890. The van der Waals surface area contributed by atoms with Gasteiger partial charge in [-0.2, -0.15) is 0 Å². The number of quaternary nitrogens is 1. The molecule has 0 radical (unpaired) electrons. The number of hydrogen-bond donors (Lipinski definition) is 24. The SMILES string of the molecule is CCCCCCCCCC[N+](C)(C)CCCNC(=O)[C@H]1NC(=O)[C@H]2NC(=O)[C@H](NC(=O)[C@@H]3NC(=O)[C@H]4NC(=O)[C@@H](Cc5ccc(c(Cl)c5)Oc5cc3cc(c5O[C@@H]3O[C@H](CO)[C@@H](O)[C@H](O)[C@H]3NC(=O)CCCCCCC(C)C)Oc3ccc(cc3Cl)[C@H]2O[C@@H]2O[C@H](CO)[C@@H](O)[C@H](O)[C@H]2NC(C)=O)NC(=O)[C@H](N)c2ccc(O)c(c2)Oc2cc(O)cc4c2)c2ccc(O)c(c2)-c2c(O[C@H]3O[C@H](CO)[C@@H](O)[C@H](O)[C@@H]3O)cc(O)cc21. The zero-order valence-electron chi connectivity index (χ0n) is 82.3. The molecule has 0 spiro atoms. The molecule has 23 atom stereocenters. The number of phenols is 4. The molecule has 7 aromatic carbocycles. The van der Waals surface area contributed by atoms with Crippen LogP contribution < -0.4 is 77.3 Å². The number of aromatic hydroxyl groups is 4. The zero-order chi connectivity index (χ0) is 107. The van der Waals surface area contributed by atoms with Gasteiger partial charge in [0.2, 0.25) is 71.5 Å². The molecule has 7 aromatic rings. The second-order valence-corrected chi connectivity index (χ2v) is 40.2. The summed E-state index contributed by atoms with van der Waals surface area (Å²) in [4.78, 5) is 142. The second-order valence-electron chi connectivity index (χ2n) is 39.3. The Bertz CT molecular complexity index is 5950. The van der Waals surface area contributed by atoms with Crippen LogP contribution in [0.15, 0.2) is 115 Å². The number of fused-ring (bicyclic) bond motifs is 14. The van der Waals surface area contributed by atoms with Gasteiger partial charge < -0.3 is 172 Å². The van der Waals surface area contributed by atoms with Gasteiger partial charge in [0.1, 0.15) is 162 Å². The number of ether oxygens (including phenoxy) is 9. The fourth-order valence-electron chi connectivity index (χ4n) is 19.1. The van der Waals surface area contributed by atoms with Gasteiger partial charge in [-0.05, 0) is 143 Å². The Morgan fingerprint density at radius 2 is 1.04 bits per heavy atom. The van der Waals surface area contributed by atoms with Crippen LogP contribution in [0.25, 0.3) is 11.1 Å². The summed E-state index contributed by atoms with van der Waals surface area (Å²) in [5.74, 6) is -17.5. The fourth-order valence-corrected chi connectivity index (χ4v) is 19.6. The van der Waals surface area contributed by atoms with Crippen LogP contribution >= 0.6 is 23.2 Å². The smallest absolute Gasteiger partial charge is 0.248 e. The Hall–Kier alpha value is -12.1. The highest BCUT2D eigenvalue weighted by molar-refractivity contribution is 6.32.